The summed E-state index contributed by atoms with van der Waals surface area (Å²) in [6.07, 6.45) is 1.95. The lowest BCUT2D eigenvalue weighted by molar-refractivity contribution is -0.135. The predicted octanol–water partition coefficient (Wildman–Crippen LogP) is 2.32. The molecule has 0 aromatic heterocycles. The minimum atomic E-state index is -0.377. The first-order valence-electron chi connectivity index (χ1n) is 7.12. The molecular formula is C15H20Cl2N2O2. The van der Waals surface area contributed by atoms with Crippen LogP contribution in [0, 0.1) is 5.92 Å². The normalized spacial score (nSPS) is 23.0. The minimum Gasteiger partial charge on any atom is -0.366 e. The van der Waals surface area contributed by atoms with E-state index in [1.807, 2.05) is 24.3 Å². The molecule has 1 amide bonds. The van der Waals surface area contributed by atoms with E-state index in [0.717, 1.165) is 30.0 Å². The lowest BCUT2D eigenvalue weighted by atomic mass is 10.0. The Bertz CT molecular complexity index is 471. The third kappa shape index (κ3) is 4.33. The number of hydrogen-bond donors (Lipinski definition) is 2. The minimum absolute atomic E-state index is 0. The van der Waals surface area contributed by atoms with Gasteiger partial charge in [0, 0.05) is 18.1 Å². The first kappa shape index (κ1) is 16.6. The second-order valence-corrected chi connectivity index (χ2v) is 5.88. The van der Waals surface area contributed by atoms with Crippen molar-refractivity contribution < 1.29 is 9.53 Å². The number of nitrogens with one attached hydrogen (secondary N) is 2. The Hall–Kier alpha value is -0.810. The highest BCUT2D eigenvalue weighted by atomic mass is 35.5. The standard InChI is InChI=1S/C15H19ClN2O2.ClH/c16-12-5-3-11(4-6-12)14(10-1-2-10)18-15(19)13-9-17-7-8-20-13;/h3-6,10,13-14,17H,1-2,7-9H2,(H,18,19);1H. The van der Waals surface area contributed by atoms with Crippen molar-refractivity contribution in [3.63, 3.8) is 0 Å². The van der Waals surface area contributed by atoms with Crippen molar-refractivity contribution in [2.75, 3.05) is 19.7 Å². The van der Waals surface area contributed by atoms with Gasteiger partial charge in [-0.05, 0) is 36.5 Å². The molecule has 2 aliphatic rings. The fraction of sp³-hybridized carbons (Fsp3) is 0.533. The highest BCUT2D eigenvalue weighted by Gasteiger charge is 2.35. The van der Waals surface area contributed by atoms with Crippen molar-refractivity contribution in [3.05, 3.63) is 34.9 Å². The molecule has 2 unspecified atom stereocenters. The second kappa shape index (κ2) is 7.45. The van der Waals surface area contributed by atoms with Gasteiger partial charge in [0.1, 0.15) is 6.10 Å². The molecule has 0 bridgehead atoms. The van der Waals surface area contributed by atoms with Crippen LogP contribution in [0.25, 0.3) is 0 Å². The Morgan fingerprint density at radius 1 is 1.33 bits per heavy atom. The quantitative estimate of drug-likeness (QED) is 0.890. The van der Waals surface area contributed by atoms with Gasteiger partial charge in [0.2, 0.25) is 0 Å². The molecule has 2 fully saturated rings. The summed E-state index contributed by atoms with van der Waals surface area (Å²) in [4.78, 5) is 12.3. The number of hydrogen-bond acceptors (Lipinski definition) is 3. The Morgan fingerprint density at radius 2 is 2.05 bits per heavy atom. The molecule has 1 heterocycles. The van der Waals surface area contributed by atoms with E-state index in [4.69, 9.17) is 16.3 Å². The number of amides is 1. The number of benzene rings is 1. The number of carbonyl (C=O) groups excluding carboxylic acids is 1. The van der Waals surface area contributed by atoms with Gasteiger partial charge in [-0.25, -0.2) is 0 Å². The second-order valence-electron chi connectivity index (χ2n) is 5.44. The van der Waals surface area contributed by atoms with E-state index < -0.39 is 0 Å². The predicted molar refractivity (Wildman–Crippen MR) is 84.9 cm³/mol. The summed E-state index contributed by atoms with van der Waals surface area (Å²) in [5, 5.41) is 7.03. The molecule has 1 saturated heterocycles. The number of carbonyl (C=O) groups is 1. The average molecular weight is 331 g/mol. The van der Waals surface area contributed by atoms with Gasteiger partial charge in [-0.1, -0.05) is 23.7 Å². The SMILES string of the molecule is Cl.O=C(NC(c1ccc(Cl)cc1)C1CC1)C1CNCCO1. The highest BCUT2D eigenvalue weighted by Crippen LogP contribution is 2.41. The van der Waals surface area contributed by atoms with Crippen LogP contribution in [0.2, 0.25) is 5.02 Å². The van der Waals surface area contributed by atoms with Crippen LogP contribution in [-0.2, 0) is 9.53 Å². The fourth-order valence-electron chi connectivity index (χ4n) is 2.55. The highest BCUT2D eigenvalue weighted by molar-refractivity contribution is 6.30. The lowest BCUT2D eigenvalue weighted by Crippen LogP contribution is -2.48. The molecular weight excluding hydrogens is 311 g/mol. The number of halogens is 2. The first-order chi connectivity index (χ1) is 9.74. The molecule has 1 aliphatic carbocycles. The molecule has 1 aliphatic heterocycles. The fourth-order valence-corrected chi connectivity index (χ4v) is 2.68. The van der Waals surface area contributed by atoms with Crippen LogP contribution in [-0.4, -0.2) is 31.7 Å². The molecule has 4 nitrogen and oxygen atoms in total. The third-order valence-corrected chi connectivity index (χ3v) is 4.09. The van der Waals surface area contributed by atoms with Gasteiger partial charge >= 0.3 is 0 Å². The summed E-state index contributed by atoms with van der Waals surface area (Å²) in [6, 6.07) is 7.80. The molecule has 2 N–H and O–H groups in total. The van der Waals surface area contributed by atoms with Crippen LogP contribution in [0.4, 0.5) is 0 Å². The molecule has 0 radical (unpaired) electrons. The Kier molecular flexibility index (Phi) is 5.88. The Balaban J connectivity index is 0.00000161. The van der Waals surface area contributed by atoms with Gasteiger partial charge in [-0.3, -0.25) is 4.79 Å². The van der Waals surface area contributed by atoms with Crippen LogP contribution >= 0.6 is 24.0 Å². The molecule has 1 aromatic rings. The molecule has 2 atom stereocenters. The van der Waals surface area contributed by atoms with Gasteiger partial charge in [0.05, 0.1) is 12.6 Å². The Labute approximate surface area is 136 Å². The molecule has 3 rings (SSSR count). The summed E-state index contributed by atoms with van der Waals surface area (Å²) in [6.45, 7) is 1.99. The summed E-state index contributed by atoms with van der Waals surface area (Å²) >= 11 is 5.92. The lowest BCUT2D eigenvalue weighted by Gasteiger charge is -2.26. The summed E-state index contributed by atoms with van der Waals surface area (Å²) in [7, 11) is 0. The van der Waals surface area contributed by atoms with E-state index >= 15 is 0 Å². The van der Waals surface area contributed by atoms with Crippen molar-refractivity contribution in [2.24, 2.45) is 5.92 Å². The summed E-state index contributed by atoms with van der Waals surface area (Å²) in [5.74, 6) is 0.515. The van der Waals surface area contributed by atoms with Gasteiger partial charge in [-0.15, -0.1) is 12.4 Å². The smallest absolute Gasteiger partial charge is 0.250 e. The number of rotatable bonds is 4. The van der Waals surface area contributed by atoms with E-state index in [9.17, 15) is 4.79 Å². The average Bonchev–Trinajstić information content (AvgIpc) is 3.31. The topological polar surface area (TPSA) is 50.4 Å². The first-order valence-corrected chi connectivity index (χ1v) is 7.50. The summed E-state index contributed by atoms with van der Waals surface area (Å²) in [5.41, 5.74) is 1.12. The van der Waals surface area contributed by atoms with E-state index in [1.165, 1.54) is 0 Å². The molecule has 1 aromatic carbocycles. The van der Waals surface area contributed by atoms with E-state index in [1.54, 1.807) is 0 Å². The summed E-state index contributed by atoms with van der Waals surface area (Å²) < 4.78 is 5.50. The number of morpholine rings is 1. The maximum absolute atomic E-state index is 12.3. The van der Waals surface area contributed by atoms with Gasteiger partial charge < -0.3 is 15.4 Å². The molecule has 0 spiro atoms. The molecule has 116 valence electrons. The van der Waals surface area contributed by atoms with Crippen LogP contribution in [0.15, 0.2) is 24.3 Å². The van der Waals surface area contributed by atoms with Crippen molar-refractivity contribution in [1.29, 1.82) is 0 Å². The van der Waals surface area contributed by atoms with Crippen molar-refractivity contribution >= 4 is 29.9 Å². The van der Waals surface area contributed by atoms with E-state index in [-0.39, 0.29) is 30.5 Å². The molecule has 1 saturated carbocycles. The zero-order valence-corrected chi connectivity index (χ0v) is 13.3. The Morgan fingerprint density at radius 3 is 2.62 bits per heavy atom. The molecule has 6 heteroatoms. The van der Waals surface area contributed by atoms with Crippen LogP contribution < -0.4 is 10.6 Å². The number of ether oxygens (including phenoxy) is 1. The molecule has 21 heavy (non-hydrogen) atoms. The van der Waals surface area contributed by atoms with E-state index in [0.29, 0.717) is 19.1 Å². The van der Waals surface area contributed by atoms with Gasteiger partial charge in [-0.2, -0.15) is 0 Å². The van der Waals surface area contributed by atoms with E-state index in [2.05, 4.69) is 10.6 Å². The van der Waals surface area contributed by atoms with Gasteiger partial charge in [0.15, 0.2) is 0 Å². The van der Waals surface area contributed by atoms with Crippen molar-refractivity contribution in [1.82, 2.24) is 10.6 Å². The maximum atomic E-state index is 12.3. The van der Waals surface area contributed by atoms with Crippen LogP contribution in [0.1, 0.15) is 24.4 Å². The van der Waals surface area contributed by atoms with Crippen LogP contribution in [0.3, 0.4) is 0 Å². The zero-order valence-electron chi connectivity index (χ0n) is 11.7. The zero-order chi connectivity index (χ0) is 13.9. The van der Waals surface area contributed by atoms with Crippen molar-refractivity contribution in [3.8, 4) is 0 Å². The van der Waals surface area contributed by atoms with Crippen molar-refractivity contribution in [2.45, 2.75) is 25.0 Å². The van der Waals surface area contributed by atoms with Gasteiger partial charge in [0.25, 0.3) is 5.91 Å². The maximum Gasteiger partial charge on any atom is 0.250 e. The largest absolute Gasteiger partial charge is 0.366 e. The monoisotopic (exact) mass is 330 g/mol. The third-order valence-electron chi connectivity index (χ3n) is 3.84. The van der Waals surface area contributed by atoms with Crippen LogP contribution in [0.5, 0.6) is 0 Å².